The first-order valence-corrected chi connectivity index (χ1v) is 4.91. The van der Waals surface area contributed by atoms with Gasteiger partial charge < -0.3 is 5.32 Å². The summed E-state index contributed by atoms with van der Waals surface area (Å²) >= 11 is 0. The van der Waals surface area contributed by atoms with Crippen molar-refractivity contribution in [2.75, 3.05) is 0 Å². The lowest BCUT2D eigenvalue weighted by Crippen LogP contribution is -2.38. The van der Waals surface area contributed by atoms with E-state index in [1.165, 1.54) is 19.3 Å². The summed E-state index contributed by atoms with van der Waals surface area (Å²) in [5.74, 6) is 0.999. The Bertz CT molecular complexity index is 165. The zero-order chi connectivity index (χ0) is 9.14. The summed E-state index contributed by atoms with van der Waals surface area (Å²) in [5, 5.41) is 3.09. The third kappa shape index (κ3) is 2.23. The second-order valence-electron chi connectivity index (χ2n) is 4.18. The van der Waals surface area contributed by atoms with E-state index in [1.807, 2.05) is 13.8 Å². The largest absolute Gasteiger partial charge is 0.353 e. The van der Waals surface area contributed by atoms with E-state index in [0.29, 0.717) is 12.0 Å². The predicted molar refractivity (Wildman–Crippen MR) is 49.8 cm³/mol. The molecule has 70 valence electrons. The number of amides is 1. The van der Waals surface area contributed by atoms with Crippen LogP contribution in [0.4, 0.5) is 0 Å². The van der Waals surface area contributed by atoms with Gasteiger partial charge >= 0.3 is 0 Å². The van der Waals surface area contributed by atoms with E-state index in [9.17, 15) is 4.79 Å². The van der Waals surface area contributed by atoms with Gasteiger partial charge in [0.2, 0.25) is 5.91 Å². The van der Waals surface area contributed by atoms with Gasteiger partial charge in [0.05, 0.1) is 0 Å². The van der Waals surface area contributed by atoms with Crippen LogP contribution >= 0.6 is 0 Å². The molecule has 0 aromatic carbocycles. The molecule has 2 atom stereocenters. The van der Waals surface area contributed by atoms with E-state index in [1.54, 1.807) is 0 Å². The molecule has 0 spiro atoms. The summed E-state index contributed by atoms with van der Waals surface area (Å²) < 4.78 is 0. The van der Waals surface area contributed by atoms with Gasteiger partial charge in [0.15, 0.2) is 0 Å². The number of rotatable bonds is 2. The van der Waals surface area contributed by atoms with Crippen LogP contribution < -0.4 is 5.32 Å². The van der Waals surface area contributed by atoms with Crippen LogP contribution in [0.5, 0.6) is 0 Å². The number of nitrogens with one attached hydrogen (secondary N) is 1. The lowest BCUT2D eigenvalue weighted by molar-refractivity contribution is -0.124. The normalized spacial score (nSPS) is 29.3. The Kier molecular flexibility index (Phi) is 3.12. The Morgan fingerprint density at radius 1 is 1.42 bits per heavy atom. The van der Waals surface area contributed by atoms with Crippen molar-refractivity contribution in [3.8, 4) is 0 Å². The molecule has 0 bridgehead atoms. The summed E-state index contributed by atoms with van der Waals surface area (Å²) in [7, 11) is 0. The topological polar surface area (TPSA) is 29.1 Å². The first kappa shape index (κ1) is 9.56. The minimum Gasteiger partial charge on any atom is -0.353 e. The fourth-order valence-electron chi connectivity index (χ4n) is 1.71. The second kappa shape index (κ2) is 3.92. The highest BCUT2D eigenvalue weighted by Gasteiger charge is 2.25. The fourth-order valence-corrected chi connectivity index (χ4v) is 1.71. The third-order valence-electron chi connectivity index (χ3n) is 2.71. The van der Waals surface area contributed by atoms with Crippen molar-refractivity contribution < 1.29 is 4.79 Å². The molecule has 1 aliphatic carbocycles. The molecule has 1 fully saturated rings. The summed E-state index contributed by atoms with van der Waals surface area (Å²) in [5.41, 5.74) is 0. The molecule has 1 rings (SSSR count). The van der Waals surface area contributed by atoms with Gasteiger partial charge in [0.1, 0.15) is 0 Å². The van der Waals surface area contributed by atoms with Crippen LogP contribution in [0.1, 0.15) is 40.0 Å². The Balaban J connectivity index is 2.35. The van der Waals surface area contributed by atoms with Crippen LogP contribution in [0.2, 0.25) is 0 Å². The van der Waals surface area contributed by atoms with Gasteiger partial charge in [0.25, 0.3) is 0 Å². The maximum Gasteiger partial charge on any atom is 0.222 e. The third-order valence-corrected chi connectivity index (χ3v) is 2.71. The lowest BCUT2D eigenvalue weighted by atomic mass is 10.1. The van der Waals surface area contributed by atoms with Gasteiger partial charge in [-0.1, -0.05) is 27.2 Å². The van der Waals surface area contributed by atoms with E-state index in [-0.39, 0.29) is 11.8 Å². The molecule has 0 heterocycles. The zero-order valence-electron chi connectivity index (χ0n) is 8.26. The van der Waals surface area contributed by atoms with Crippen molar-refractivity contribution in [1.29, 1.82) is 0 Å². The van der Waals surface area contributed by atoms with Crippen LogP contribution in [0, 0.1) is 11.8 Å². The van der Waals surface area contributed by atoms with Crippen molar-refractivity contribution in [1.82, 2.24) is 5.32 Å². The van der Waals surface area contributed by atoms with Gasteiger partial charge in [-0.15, -0.1) is 0 Å². The molecule has 1 aliphatic rings. The molecule has 0 aliphatic heterocycles. The maximum absolute atomic E-state index is 11.3. The summed E-state index contributed by atoms with van der Waals surface area (Å²) in [6.07, 6.45) is 3.70. The lowest BCUT2D eigenvalue weighted by Gasteiger charge is -2.18. The quantitative estimate of drug-likeness (QED) is 0.672. The van der Waals surface area contributed by atoms with Crippen molar-refractivity contribution in [3.05, 3.63) is 0 Å². The standard InChI is InChI=1S/C10H19NO/c1-7(2)10(12)11-9-6-4-5-8(9)3/h7-9H,4-6H2,1-3H3,(H,11,12)/t8?,9-/m1/s1. The average Bonchev–Trinajstić information content (AvgIpc) is 2.36. The molecule has 0 aromatic rings. The Morgan fingerprint density at radius 2 is 2.08 bits per heavy atom. The molecule has 1 N–H and O–H groups in total. The fraction of sp³-hybridized carbons (Fsp3) is 0.900. The van der Waals surface area contributed by atoms with E-state index in [4.69, 9.17) is 0 Å². The molecule has 0 aromatic heterocycles. The summed E-state index contributed by atoms with van der Waals surface area (Å²) in [4.78, 5) is 11.3. The molecule has 1 saturated carbocycles. The Hall–Kier alpha value is -0.530. The van der Waals surface area contributed by atoms with Crippen molar-refractivity contribution in [2.24, 2.45) is 11.8 Å². The minimum atomic E-state index is 0.123. The second-order valence-corrected chi connectivity index (χ2v) is 4.18. The first-order valence-electron chi connectivity index (χ1n) is 4.91. The molecule has 1 unspecified atom stereocenters. The van der Waals surface area contributed by atoms with Crippen molar-refractivity contribution in [3.63, 3.8) is 0 Å². The maximum atomic E-state index is 11.3. The van der Waals surface area contributed by atoms with Gasteiger partial charge in [-0.05, 0) is 18.8 Å². The highest BCUT2D eigenvalue weighted by Crippen LogP contribution is 2.24. The van der Waals surface area contributed by atoms with Crippen LogP contribution in [-0.2, 0) is 4.79 Å². The molecular formula is C10H19NO. The van der Waals surface area contributed by atoms with Crippen LogP contribution in [0.25, 0.3) is 0 Å². The van der Waals surface area contributed by atoms with Crippen LogP contribution in [0.3, 0.4) is 0 Å². The van der Waals surface area contributed by atoms with E-state index < -0.39 is 0 Å². The molecular weight excluding hydrogens is 150 g/mol. The monoisotopic (exact) mass is 169 g/mol. The summed E-state index contributed by atoms with van der Waals surface area (Å²) in [6.45, 7) is 6.10. The molecule has 1 amide bonds. The van der Waals surface area contributed by atoms with Gasteiger partial charge in [-0.25, -0.2) is 0 Å². The zero-order valence-corrected chi connectivity index (χ0v) is 8.26. The molecule has 2 nitrogen and oxygen atoms in total. The van der Waals surface area contributed by atoms with E-state index in [0.717, 1.165) is 0 Å². The number of carbonyl (C=O) groups is 1. The summed E-state index contributed by atoms with van der Waals surface area (Å²) in [6, 6.07) is 0.444. The van der Waals surface area contributed by atoms with Gasteiger partial charge in [0, 0.05) is 12.0 Å². The minimum absolute atomic E-state index is 0.123. The van der Waals surface area contributed by atoms with E-state index >= 15 is 0 Å². The Labute approximate surface area is 74.7 Å². The van der Waals surface area contributed by atoms with Gasteiger partial charge in [-0.2, -0.15) is 0 Å². The number of hydrogen-bond donors (Lipinski definition) is 1. The number of hydrogen-bond acceptors (Lipinski definition) is 1. The van der Waals surface area contributed by atoms with Crippen molar-refractivity contribution >= 4 is 5.91 Å². The van der Waals surface area contributed by atoms with Gasteiger partial charge in [-0.3, -0.25) is 4.79 Å². The smallest absolute Gasteiger partial charge is 0.222 e. The first-order chi connectivity index (χ1) is 5.61. The molecule has 12 heavy (non-hydrogen) atoms. The van der Waals surface area contributed by atoms with E-state index in [2.05, 4.69) is 12.2 Å². The molecule has 0 radical (unpaired) electrons. The molecule has 2 heteroatoms. The predicted octanol–water partition coefficient (Wildman–Crippen LogP) is 1.95. The highest BCUT2D eigenvalue weighted by molar-refractivity contribution is 5.78. The Morgan fingerprint density at radius 3 is 2.50 bits per heavy atom. The average molecular weight is 169 g/mol. The van der Waals surface area contributed by atoms with Crippen LogP contribution in [-0.4, -0.2) is 11.9 Å². The SMILES string of the molecule is CC(C)C(=O)N[C@@H]1CCCC1C. The van der Waals surface area contributed by atoms with Crippen molar-refractivity contribution in [2.45, 2.75) is 46.1 Å². The molecule has 0 saturated heterocycles. The van der Waals surface area contributed by atoms with Crippen LogP contribution in [0.15, 0.2) is 0 Å². The highest BCUT2D eigenvalue weighted by atomic mass is 16.1. The number of carbonyl (C=O) groups excluding carboxylic acids is 1.